The van der Waals surface area contributed by atoms with Crippen molar-refractivity contribution < 1.29 is 14.3 Å². The minimum Gasteiger partial charge on any atom is -0.489 e. The molecule has 138 valence electrons. The Hall–Kier alpha value is -1.94. The minimum absolute atomic E-state index is 0.113. The zero-order chi connectivity index (χ0) is 18.2. The molecule has 0 unspecified atom stereocenters. The molecule has 1 saturated carbocycles. The first-order chi connectivity index (χ1) is 12.8. The lowest BCUT2D eigenvalue weighted by Gasteiger charge is -2.27. The van der Waals surface area contributed by atoms with Gasteiger partial charge in [-0.15, -0.1) is 11.8 Å². The van der Waals surface area contributed by atoms with Crippen molar-refractivity contribution in [3.8, 4) is 16.9 Å². The van der Waals surface area contributed by atoms with Crippen molar-refractivity contribution in [3.63, 3.8) is 0 Å². The Morgan fingerprint density at radius 1 is 1.12 bits per heavy atom. The van der Waals surface area contributed by atoms with Gasteiger partial charge in [-0.1, -0.05) is 36.4 Å². The van der Waals surface area contributed by atoms with Gasteiger partial charge >= 0.3 is 5.97 Å². The third kappa shape index (κ3) is 5.28. The lowest BCUT2D eigenvalue weighted by molar-refractivity contribution is -0.143. The fourth-order valence-electron chi connectivity index (χ4n) is 2.83. The number of benzene rings is 2. The summed E-state index contributed by atoms with van der Waals surface area (Å²) in [6, 6.07) is 16.8. The van der Waals surface area contributed by atoms with E-state index >= 15 is 0 Å². The number of carbonyl (C=O) groups excluding carboxylic acids is 1. The fraction of sp³-hybridized carbons (Fsp3) is 0.409. The average molecular weight is 371 g/mol. The molecule has 3 rings (SSSR count). The van der Waals surface area contributed by atoms with E-state index in [1.807, 2.05) is 13.0 Å². The fourth-order valence-corrected chi connectivity index (χ4v) is 3.75. The summed E-state index contributed by atoms with van der Waals surface area (Å²) in [6.07, 6.45) is 5.17. The number of hydrogen-bond donors (Lipinski definition) is 0. The van der Waals surface area contributed by atoms with Gasteiger partial charge in [-0.25, -0.2) is 0 Å². The summed E-state index contributed by atoms with van der Waals surface area (Å²) in [7, 11) is 0. The molecule has 1 aliphatic rings. The van der Waals surface area contributed by atoms with Gasteiger partial charge in [0.1, 0.15) is 5.75 Å². The van der Waals surface area contributed by atoms with Crippen molar-refractivity contribution in [2.45, 2.75) is 50.0 Å². The second kappa shape index (κ2) is 9.67. The van der Waals surface area contributed by atoms with Crippen molar-refractivity contribution in [1.29, 1.82) is 0 Å². The maximum Gasteiger partial charge on any atom is 0.305 e. The Labute approximate surface area is 160 Å². The van der Waals surface area contributed by atoms with E-state index in [4.69, 9.17) is 9.47 Å². The highest BCUT2D eigenvalue weighted by atomic mass is 32.2. The van der Waals surface area contributed by atoms with Crippen LogP contribution in [-0.4, -0.2) is 24.4 Å². The smallest absolute Gasteiger partial charge is 0.305 e. The van der Waals surface area contributed by atoms with Gasteiger partial charge in [0.2, 0.25) is 0 Å². The van der Waals surface area contributed by atoms with Gasteiger partial charge in [0.05, 0.1) is 12.7 Å². The summed E-state index contributed by atoms with van der Waals surface area (Å²) < 4.78 is 11.2. The molecule has 0 radical (unpaired) electrons. The highest BCUT2D eigenvalue weighted by Crippen LogP contribution is 2.37. The lowest BCUT2D eigenvalue weighted by Crippen LogP contribution is -2.24. The number of thioether (sulfide) groups is 1. The second-order valence-corrected chi connectivity index (χ2v) is 7.59. The van der Waals surface area contributed by atoms with Gasteiger partial charge < -0.3 is 9.47 Å². The van der Waals surface area contributed by atoms with E-state index in [0.717, 1.165) is 35.7 Å². The van der Waals surface area contributed by atoms with E-state index in [1.54, 1.807) is 11.8 Å². The van der Waals surface area contributed by atoms with E-state index in [-0.39, 0.29) is 5.97 Å². The van der Waals surface area contributed by atoms with Crippen LogP contribution in [0.25, 0.3) is 11.1 Å². The van der Waals surface area contributed by atoms with Crippen LogP contribution >= 0.6 is 11.8 Å². The average Bonchev–Trinajstić information content (AvgIpc) is 2.63. The van der Waals surface area contributed by atoms with E-state index in [0.29, 0.717) is 19.1 Å². The summed E-state index contributed by atoms with van der Waals surface area (Å²) in [6.45, 7) is 2.29. The molecule has 2 aromatic carbocycles. The van der Waals surface area contributed by atoms with Crippen molar-refractivity contribution >= 4 is 17.7 Å². The molecule has 0 spiro atoms. The normalized spacial score (nSPS) is 13.9. The van der Waals surface area contributed by atoms with E-state index in [9.17, 15) is 4.79 Å². The third-order valence-corrected chi connectivity index (χ3v) is 5.63. The van der Waals surface area contributed by atoms with Gasteiger partial charge in [-0.2, -0.15) is 0 Å². The largest absolute Gasteiger partial charge is 0.489 e. The lowest BCUT2D eigenvalue weighted by atomic mass is 9.96. The topological polar surface area (TPSA) is 35.5 Å². The number of carbonyl (C=O) groups is 1. The van der Waals surface area contributed by atoms with Crippen molar-refractivity contribution in [2.24, 2.45) is 0 Å². The first-order valence-electron chi connectivity index (χ1n) is 9.41. The Kier molecular flexibility index (Phi) is 7.01. The SMILES string of the molecule is CCOC(=O)CCCSc1ccc(-c2ccccc2)cc1OC1CCC1. The molecule has 26 heavy (non-hydrogen) atoms. The quantitative estimate of drug-likeness (QED) is 0.321. The van der Waals surface area contributed by atoms with Crippen LogP contribution in [0.5, 0.6) is 5.75 Å². The van der Waals surface area contributed by atoms with Crippen LogP contribution in [-0.2, 0) is 9.53 Å². The summed E-state index contributed by atoms with van der Waals surface area (Å²) in [5.41, 5.74) is 2.38. The first-order valence-corrected chi connectivity index (χ1v) is 10.4. The van der Waals surface area contributed by atoms with Crippen LogP contribution in [0, 0.1) is 0 Å². The van der Waals surface area contributed by atoms with Gasteiger partial charge in [-0.05, 0) is 61.6 Å². The Bertz CT molecular complexity index is 711. The zero-order valence-electron chi connectivity index (χ0n) is 15.3. The van der Waals surface area contributed by atoms with Crippen LogP contribution in [0.15, 0.2) is 53.4 Å². The molecule has 0 aromatic heterocycles. The predicted octanol–water partition coefficient (Wildman–Crippen LogP) is 5.72. The molecule has 3 nitrogen and oxygen atoms in total. The molecule has 1 aliphatic carbocycles. The Balaban J connectivity index is 1.66. The second-order valence-electron chi connectivity index (χ2n) is 6.46. The van der Waals surface area contributed by atoms with Gasteiger partial charge in [0.25, 0.3) is 0 Å². The number of hydrogen-bond acceptors (Lipinski definition) is 4. The van der Waals surface area contributed by atoms with Gasteiger partial charge in [0, 0.05) is 11.3 Å². The molecule has 0 saturated heterocycles. The highest BCUT2D eigenvalue weighted by molar-refractivity contribution is 7.99. The summed E-state index contributed by atoms with van der Waals surface area (Å²) >= 11 is 1.75. The predicted molar refractivity (Wildman–Crippen MR) is 107 cm³/mol. The third-order valence-electron chi connectivity index (χ3n) is 4.48. The monoisotopic (exact) mass is 370 g/mol. The summed E-state index contributed by atoms with van der Waals surface area (Å²) in [5.74, 6) is 1.74. The summed E-state index contributed by atoms with van der Waals surface area (Å²) in [5, 5.41) is 0. The van der Waals surface area contributed by atoms with Crippen molar-refractivity contribution in [2.75, 3.05) is 12.4 Å². The van der Waals surface area contributed by atoms with E-state index < -0.39 is 0 Å². The van der Waals surface area contributed by atoms with Crippen molar-refractivity contribution in [3.05, 3.63) is 48.5 Å². The molecule has 0 bridgehead atoms. The number of rotatable bonds is 9. The minimum atomic E-state index is -0.113. The van der Waals surface area contributed by atoms with Crippen LogP contribution < -0.4 is 4.74 Å². The zero-order valence-corrected chi connectivity index (χ0v) is 16.1. The van der Waals surface area contributed by atoms with E-state index in [1.165, 1.54) is 17.5 Å². The van der Waals surface area contributed by atoms with Crippen LogP contribution in [0.3, 0.4) is 0 Å². The van der Waals surface area contributed by atoms with Crippen molar-refractivity contribution in [1.82, 2.24) is 0 Å². The molecule has 2 aromatic rings. The maximum absolute atomic E-state index is 11.5. The molecule has 0 aliphatic heterocycles. The first kappa shape index (κ1) is 18.8. The Morgan fingerprint density at radius 3 is 2.62 bits per heavy atom. The summed E-state index contributed by atoms with van der Waals surface area (Å²) in [4.78, 5) is 12.6. The molecule has 4 heteroatoms. The molecular formula is C22H26O3S. The highest BCUT2D eigenvalue weighted by Gasteiger charge is 2.21. The Morgan fingerprint density at radius 2 is 1.92 bits per heavy atom. The molecule has 1 fully saturated rings. The van der Waals surface area contributed by atoms with Crippen LogP contribution in [0.2, 0.25) is 0 Å². The van der Waals surface area contributed by atoms with E-state index in [2.05, 4.69) is 42.5 Å². The number of ether oxygens (including phenoxy) is 2. The molecular weight excluding hydrogens is 344 g/mol. The maximum atomic E-state index is 11.5. The molecule has 0 atom stereocenters. The standard InChI is InChI=1S/C22H26O3S/c1-2-24-22(23)12-7-15-26-21-14-13-18(17-8-4-3-5-9-17)16-20(21)25-19-10-6-11-19/h3-5,8-9,13-14,16,19H,2,6-7,10-12,15H2,1H3. The molecule has 0 heterocycles. The van der Waals surface area contributed by atoms with Gasteiger partial charge in [-0.3, -0.25) is 4.79 Å². The number of esters is 1. The van der Waals surface area contributed by atoms with Crippen LogP contribution in [0.4, 0.5) is 0 Å². The molecule has 0 N–H and O–H groups in total. The van der Waals surface area contributed by atoms with Crippen LogP contribution in [0.1, 0.15) is 39.0 Å². The molecule has 0 amide bonds. The van der Waals surface area contributed by atoms with Gasteiger partial charge in [0.15, 0.2) is 0 Å².